The van der Waals surface area contributed by atoms with Gasteiger partial charge in [0, 0.05) is 32.6 Å². The Morgan fingerprint density at radius 3 is 2.43 bits per heavy atom. The average Bonchev–Trinajstić information content (AvgIpc) is 2.69. The zero-order chi connectivity index (χ0) is 21.9. The molecule has 0 saturated carbocycles. The molecule has 10 nitrogen and oxygen atoms in total. The van der Waals surface area contributed by atoms with Crippen molar-refractivity contribution < 1.29 is 23.9 Å². The third-order valence-electron chi connectivity index (χ3n) is 4.82. The van der Waals surface area contributed by atoms with E-state index in [0.717, 1.165) is 5.69 Å². The number of nitrogens with zero attached hydrogens (tertiary/aromatic N) is 3. The van der Waals surface area contributed by atoms with E-state index in [1.165, 1.54) is 0 Å². The Kier molecular flexibility index (Phi) is 6.23. The molecule has 3 rings (SSSR count). The highest BCUT2D eigenvalue weighted by Crippen LogP contribution is 2.18. The van der Waals surface area contributed by atoms with Gasteiger partial charge in [0.15, 0.2) is 0 Å². The van der Waals surface area contributed by atoms with Crippen molar-refractivity contribution in [3.63, 3.8) is 0 Å². The van der Waals surface area contributed by atoms with Crippen LogP contribution in [0, 0.1) is 0 Å². The fraction of sp³-hybridized carbons (Fsp3) is 0.550. The van der Waals surface area contributed by atoms with E-state index < -0.39 is 23.5 Å². The molecule has 0 aromatic carbocycles. The van der Waals surface area contributed by atoms with Gasteiger partial charge >= 0.3 is 6.09 Å². The maximum atomic E-state index is 12.3. The van der Waals surface area contributed by atoms with Crippen LogP contribution in [0.5, 0.6) is 0 Å². The number of imide groups is 1. The SMILES string of the molecule is CC(C)(C)OC(=O)N1CCN(c2ccc(C(=O)N[C@H]3CCC(=O)NC3=O)nc2)CC1. The van der Waals surface area contributed by atoms with E-state index in [-0.39, 0.29) is 30.5 Å². The monoisotopic (exact) mass is 417 g/mol. The fourth-order valence-electron chi connectivity index (χ4n) is 3.24. The predicted octanol–water partition coefficient (Wildman–Crippen LogP) is 0.674. The fourth-order valence-corrected chi connectivity index (χ4v) is 3.24. The minimum Gasteiger partial charge on any atom is -0.444 e. The Bertz CT molecular complexity index is 825. The van der Waals surface area contributed by atoms with Crippen LogP contribution in [0.2, 0.25) is 0 Å². The molecule has 0 unspecified atom stereocenters. The Morgan fingerprint density at radius 1 is 1.17 bits per heavy atom. The lowest BCUT2D eigenvalue weighted by atomic mass is 10.1. The highest BCUT2D eigenvalue weighted by atomic mass is 16.6. The van der Waals surface area contributed by atoms with Crippen LogP contribution in [0.25, 0.3) is 0 Å². The summed E-state index contributed by atoms with van der Waals surface area (Å²) in [6.07, 6.45) is 1.75. The normalized spacial score (nSPS) is 19.9. The molecular formula is C20H27N5O5. The first kappa shape index (κ1) is 21.5. The first-order valence-corrected chi connectivity index (χ1v) is 9.96. The lowest BCUT2D eigenvalue weighted by Gasteiger charge is -2.36. The molecule has 30 heavy (non-hydrogen) atoms. The molecular weight excluding hydrogens is 390 g/mol. The Hall–Kier alpha value is -3.17. The van der Waals surface area contributed by atoms with Crippen LogP contribution >= 0.6 is 0 Å². The van der Waals surface area contributed by atoms with Gasteiger partial charge in [0.25, 0.3) is 5.91 Å². The molecule has 2 aliphatic rings. The smallest absolute Gasteiger partial charge is 0.410 e. The molecule has 162 valence electrons. The molecule has 2 N–H and O–H groups in total. The minimum atomic E-state index is -0.738. The number of rotatable bonds is 3. The molecule has 2 fully saturated rings. The van der Waals surface area contributed by atoms with Crippen molar-refractivity contribution in [3.8, 4) is 0 Å². The molecule has 2 saturated heterocycles. The van der Waals surface area contributed by atoms with E-state index in [9.17, 15) is 19.2 Å². The Morgan fingerprint density at radius 2 is 1.87 bits per heavy atom. The minimum absolute atomic E-state index is 0.191. The summed E-state index contributed by atoms with van der Waals surface area (Å²) in [7, 11) is 0. The topological polar surface area (TPSA) is 121 Å². The first-order valence-electron chi connectivity index (χ1n) is 9.96. The summed E-state index contributed by atoms with van der Waals surface area (Å²) in [5, 5.41) is 4.81. The molecule has 0 spiro atoms. The zero-order valence-corrected chi connectivity index (χ0v) is 17.4. The van der Waals surface area contributed by atoms with Crippen molar-refractivity contribution in [3.05, 3.63) is 24.0 Å². The number of pyridine rings is 1. The van der Waals surface area contributed by atoms with Crippen LogP contribution in [0.4, 0.5) is 10.5 Å². The van der Waals surface area contributed by atoms with E-state index >= 15 is 0 Å². The molecule has 1 aromatic heterocycles. The summed E-state index contributed by atoms with van der Waals surface area (Å²) in [6.45, 7) is 7.84. The van der Waals surface area contributed by atoms with Crippen molar-refractivity contribution in [1.82, 2.24) is 20.5 Å². The van der Waals surface area contributed by atoms with E-state index in [1.807, 2.05) is 20.8 Å². The summed E-state index contributed by atoms with van der Waals surface area (Å²) in [5.74, 6) is -1.30. The third-order valence-corrected chi connectivity index (χ3v) is 4.82. The second-order valence-electron chi connectivity index (χ2n) is 8.33. The lowest BCUT2D eigenvalue weighted by molar-refractivity contribution is -0.134. The van der Waals surface area contributed by atoms with Crippen LogP contribution < -0.4 is 15.5 Å². The van der Waals surface area contributed by atoms with Gasteiger partial charge in [0.1, 0.15) is 17.3 Å². The number of piperazine rings is 1. The number of aromatic nitrogens is 1. The first-order chi connectivity index (χ1) is 14.1. The van der Waals surface area contributed by atoms with Gasteiger partial charge in [0.05, 0.1) is 11.9 Å². The summed E-state index contributed by atoms with van der Waals surface area (Å²) >= 11 is 0. The summed E-state index contributed by atoms with van der Waals surface area (Å²) < 4.78 is 5.40. The van der Waals surface area contributed by atoms with Gasteiger partial charge in [-0.15, -0.1) is 0 Å². The zero-order valence-electron chi connectivity index (χ0n) is 17.4. The molecule has 0 bridgehead atoms. The summed E-state index contributed by atoms with van der Waals surface area (Å²) in [4.78, 5) is 55.4. The van der Waals surface area contributed by atoms with Gasteiger partial charge in [-0.3, -0.25) is 19.7 Å². The Balaban J connectivity index is 1.52. The molecule has 4 amide bonds. The number of amides is 4. The van der Waals surface area contributed by atoms with Crippen LogP contribution in [0.1, 0.15) is 44.1 Å². The second kappa shape index (κ2) is 8.68. The second-order valence-corrected chi connectivity index (χ2v) is 8.33. The van der Waals surface area contributed by atoms with E-state index in [4.69, 9.17) is 4.74 Å². The van der Waals surface area contributed by atoms with Crippen LogP contribution in [0.3, 0.4) is 0 Å². The van der Waals surface area contributed by atoms with Crippen molar-refractivity contribution >= 4 is 29.5 Å². The van der Waals surface area contributed by atoms with Crippen LogP contribution in [-0.4, -0.2) is 71.5 Å². The molecule has 0 aliphatic carbocycles. The number of piperidine rings is 1. The Labute approximate surface area is 174 Å². The van der Waals surface area contributed by atoms with Crippen molar-refractivity contribution in [2.45, 2.75) is 45.3 Å². The largest absolute Gasteiger partial charge is 0.444 e. The van der Waals surface area contributed by atoms with Crippen molar-refractivity contribution in [2.75, 3.05) is 31.1 Å². The van der Waals surface area contributed by atoms with Crippen molar-refractivity contribution in [1.29, 1.82) is 0 Å². The van der Waals surface area contributed by atoms with Gasteiger partial charge < -0.3 is 19.9 Å². The summed E-state index contributed by atoms with van der Waals surface area (Å²) in [5.41, 5.74) is 0.509. The lowest BCUT2D eigenvalue weighted by Crippen LogP contribution is -2.52. The number of hydrogen-bond donors (Lipinski definition) is 2. The number of carbonyl (C=O) groups excluding carboxylic acids is 4. The molecule has 2 aliphatic heterocycles. The quantitative estimate of drug-likeness (QED) is 0.694. The average molecular weight is 417 g/mol. The number of hydrogen-bond acceptors (Lipinski definition) is 7. The number of carbonyl (C=O) groups is 4. The van der Waals surface area contributed by atoms with Crippen molar-refractivity contribution in [2.24, 2.45) is 0 Å². The molecule has 1 aromatic rings. The summed E-state index contributed by atoms with van der Waals surface area (Å²) in [6, 6.07) is 2.64. The van der Waals surface area contributed by atoms with Gasteiger partial charge in [-0.1, -0.05) is 0 Å². The maximum absolute atomic E-state index is 12.3. The van der Waals surface area contributed by atoms with Crippen LogP contribution in [-0.2, 0) is 14.3 Å². The van der Waals surface area contributed by atoms with Gasteiger partial charge in [0.2, 0.25) is 11.8 Å². The highest BCUT2D eigenvalue weighted by Gasteiger charge is 2.29. The number of ether oxygens (including phenoxy) is 1. The van der Waals surface area contributed by atoms with Gasteiger partial charge in [-0.05, 0) is 39.3 Å². The highest BCUT2D eigenvalue weighted by molar-refractivity contribution is 6.03. The van der Waals surface area contributed by atoms with Gasteiger partial charge in [-0.25, -0.2) is 9.78 Å². The van der Waals surface area contributed by atoms with E-state index in [2.05, 4.69) is 20.5 Å². The van der Waals surface area contributed by atoms with Gasteiger partial charge in [-0.2, -0.15) is 0 Å². The number of anilines is 1. The third kappa shape index (κ3) is 5.46. The predicted molar refractivity (Wildman–Crippen MR) is 108 cm³/mol. The molecule has 3 heterocycles. The molecule has 10 heteroatoms. The number of nitrogens with one attached hydrogen (secondary N) is 2. The van der Waals surface area contributed by atoms with Crippen LogP contribution in [0.15, 0.2) is 18.3 Å². The molecule has 1 atom stereocenters. The standard InChI is InChI=1S/C20H27N5O5/c1-20(2,3)30-19(29)25-10-8-24(9-11-25)13-4-5-14(21-12-13)17(27)22-15-6-7-16(26)23-18(15)28/h4-5,12,15H,6-11H2,1-3H3,(H,22,27)(H,23,26,28)/t15-/m0/s1. The molecule has 0 radical (unpaired) electrons. The maximum Gasteiger partial charge on any atom is 0.410 e. The van der Waals surface area contributed by atoms with E-state index in [0.29, 0.717) is 26.2 Å². The van der Waals surface area contributed by atoms with E-state index in [1.54, 1.807) is 23.2 Å².